The van der Waals surface area contributed by atoms with Gasteiger partial charge in [0.15, 0.2) is 0 Å². The molecule has 1 heterocycles. The monoisotopic (exact) mass is 283 g/mol. The summed E-state index contributed by atoms with van der Waals surface area (Å²) in [6.07, 6.45) is 2.11. The lowest BCUT2D eigenvalue weighted by Gasteiger charge is -2.24. The second-order valence-corrected chi connectivity index (χ2v) is 7.69. The molecule has 0 saturated heterocycles. The second kappa shape index (κ2) is 5.96. The van der Waals surface area contributed by atoms with Crippen molar-refractivity contribution in [3.8, 4) is 0 Å². The molecule has 1 rings (SSSR count). The van der Waals surface area contributed by atoms with E-state index >= 15 is 0 Å². The maximum Gasteiger partial charge on any atom is 0.145 e. The summed E-state index contributed by atoms with van der Waals surface area (Å²) in [6.45, 7) is 11.5. The van der Waals surface area contributed by atoms with Gasteiger partial charge in [0.25, 0.3) is 0 Å². The average molecular weight is 283 g/mol. The molecule has 1 aromatic heterocycles. The lowest BCUT2D eigenvalue weighted by Crippen LogP contribution is -2.27. The van der Waals surface area contributed by atoms with Crippen LogP contribution in [-0.4, -0.2) is 27.5 Å². The van der Waals surface area contributed by atoms with Crippen LogP contribution in [0.3, 0.4) is 0 Å². The number of hydrazine groups is 1. The molecule has 0 spiro atoms. The topological polar surface area (TPSA) is 75.9 Å². The van der Waals surface area contributed by atoms with E-state index < -0.39 is 0 Å². The van der Waals surface area contributed by atoms with E-state index in [-0.39, 0.29) is 10.2 Å². The van der Waals surface area contributed by atoms with Crippen LogP contribution in [0.15, 0.2) is 6.07 Å². The SMILES string of the molecule is CSC(C)(C)CNc1cc(NN)nc(C(C)(C)C)n1. The number of nitrogens with two attached hydrogens (primary N) is 1. The highest BCUT2D eigenvalue weighted by Crippen LogP contribution is 2.24. The van der Waals surface area contributed by atoms with Gasteiger partial charge < -0.3 is 10.7 Å². The van der Waals surface area contributed by atoms with Crippen molar-refractivity contribution in [2.45, 2.75) is 44.8 Å². The molecule has 0 aliphatic carbocycles. The first-order valence-electron chi connectivity index (χ1n) is 6.33. The molecule has 0 radical (unpaired) electrons. The van der Waals surface area contributed by atoms with E-state index in [1.54, 1.807) is 0 Å². The molecule has 6 heteroatoms. The van der Waals surface area contributed by atoms with Crippen LogP contribution in [0.2, 0.25) is 0 Å². The third kappa shape index (κ3) is 4.87. The van der Waals surface area contributed by atoms with Crippen molar-refractivity contribution in [2.75, 3.05) is 23.5 Å². The Labute approximate surface area is 120 Å². The summed E-state index contributed by atoms with van der Waals surface area (Å²) >= 11 is 1.82. The predicted octanol–water partition coefficient (Wildman–Crippen LogP) is 2.61. The van der Waals surface area contributed by atoms with Crippen LogP contribution in [-0.2, 0) is 5.41 Å². The molecule has 0 atom stereocenters. The van der Waals surface area contributed by atoms with Gasteiger partial charge in [0.1, 0.15) is 17.5 Å². The number of rotatable bonds is 5. The number of nitrogens with zero attached hydrogens (tertiary/aromatic N) is 2. The Hall–Kier alpha value is -1.01. The largest absolute Gasteiger partial charge is 0.369 e. The van der Waals surface area contributed by atoms with E-state index in [1.807, 2.05) is 17.8 Å². The van der Waals surface area contributed by atoms with Crippen LogP contribution in [0.5, 0.6) is 0 Å². The molecule has 0 aromatic carbocycles. The van der Waals surface area contributed by atoms with Crippen molar-refractivity contribution in [3.63, 3.8) is 0 Å². The van der Waals surface area contributed by atoms with Gasteiger partial charge in [-0.1, -0.05) is 20.8 Å². The molecule has 0 aliphatic rings. The number of nitrogen functional groups attached to an aromatic ring is 1. The molecule has 5 nitrogen and oxygen atoms in total. The lowest BCUT2D eigenvalue weighted by atomic mass is 9.96. The van der Waals surface area contributed by atoms with E-state index in [9.17, 15) is 0 Å². The zero-order chi connectivity index (χ0) is 14.7. The molecule has 0 aliphatic heterocycles. The first-order valence-corrected chi connectivity index (χ1v) is 7.55. The lowest BCUT2D eigenvalue weighted by molar-refractivity contribution is 0.546. The van der Waals surface area contributed by atoms with Gasteiger partial charge in [0.2, 0.25) is 0 Å². The third-order valence-electron chi connectivity index (χ3n) is 2.79. The summed E-state index contributed by atoms with van der Waals surface area (Å²) in [6, 6.07) is 1.83. The minimum atomic E-state index is -0.113. The van der Waals surface area contributed by atoms with Gasteiger partial charge in [-0.3, -0.25) is 0 Å². The van der Waals surface area contributed by atoms with Gasteiger partial charge in [-0.2, -0.15) is 11.8 Å². The van der Waals surface area contributed by atoms with Crippen molar-refractivity contribution in [1.82, 2.24) is 9.97 Å². The van der Waals surface area contributed by atoms with E-state index in [1.165, 1.54) is 0 Å². The summed E-state index contributed by atoms with van der Waals surface area (Å²) < 4.78 is 0.156. The molecule has 0 fully saturated rings. The highest BCUT2D eigenvalue weighted by Gasteiger charge is 2.20. The summed E-state index contributed by atoms with van der Waals surface area (Å²) in [7, 11) is 0. The fourth-order valence-corrected chi connectivity index (χ4v) is 1.54. The molecule has 0 saturated carbocycles. The highest BCUT2D eigenvalue weighted by molar-refractivity contribution is 7.99. The standard InChI is InChI=1S/C13H25N5S/c1-12(2,3)11-16-9(7-10(17-11)18-14)15-8-13(4,5)19-6/h7H,8,14H2,1-6H3,(H2,15,16,17,18). The van der Waals surface area contributed by atoms with Gasteiger partial charge in [0.05, 0.1) is 0 Å². The molecular formula is C13H25N5S. The number of hydrogen-bond donors (Lipinski definition) is 3. The van der Waals surface area contributed by atoms with E-state index in [0.29, 0.717) is 5.82 Å². The van der Waals surface area contributed by atoms with Crippen LogP contribution in [0.4, 0.5) is 11.6 Å². The van der Waals surface area contributed by atoms with Crippen molar-refractivity contribution in [2.24, 2.45) is 5.84 Å². The highest BCUT2D eigenvalue weighted by atomic mass is 32.2. The van der Waals surface area contributed by atoms with Crippen LogP contribution < -0.4 is 16.6 Å². The van der Waals surface area contributed by atoms with Crippen molar-refractivity contribution >= 4 is 23.4 Å². The van der Waals surface area contributed by atoms with Crippen molar-refractivity contribution in [1.29, 1.82) is 0 Å². The van der Waals surface area contributed by atoms with Gasteiger partial charge in [-0.05, 0) is 20.1 Å². The van der Waals surface area contributed by atoms with Crippen LogP contribution >= 0.6 is 11.8 Å². The number of anilines is 2. The predicted molar refractivity (Wildman–Crippen MR) is 84.6 cm³/mol. The molecule has 4 N–H and O–H groups in total. The number of aromatic nitrogens is 2. The second-order valence-electron chi connectivity index (χ2n) is 6.17. The maximum atomic E-state index is 5.47. The molecule has 0 bridgehead atoms. The van der Waals surface area contributed by atoms with E-state index in [2.05, 4.69) is 61.6 Å². The Balaban J connectivity index is 2.95. The van der Waals surface area contributed by atoms with Crippen molar-refractivity contribution in [3.05, 3.63) is 11.9 Å². The van der Waals surface area contributed by atoms with Gasteiger partial charge in [0, 0.05) is 22.8 Å². The van der Waals surface area contributed by atoms with Crippen LogP contribution in [0, 0.1) is 0 Å². The Morgan fingerprint density at radius 3 is 2.21 bits per heavy atom. The Morgan fingerprint density at radius 2 is 1.74 bits per heavy atom. The fraction of sp³-hybridized carbons (Fsp3) is 0.692. The number of thioether (sulfide) groups is 1. The maximum absolute atomic E-state index is 5.47. The van der Waals surface area contributed by atoms with E-state index in [4.69, 9.17) is 5.84 Å². The quantitative estimate of drug-likeness (QED) is 0.570. The summed E-state index contributed by atoms with van der Waals surface area (Å²) in [4.78, 5) is 8.96. The molecule has 0 amide bonds. The normalized spacial score (nSPS) is 12.4. The first-order chi connectivity index (χ1) is 8.68. The van der Waals surface area contributed by atoms with Crippen LogP contribution in [0.1, 0.15) is 40.4 Å². The molecule has 108 valence electrons. The molecule has 0 unspecified atom stereocenters. The average Bonchev–Trinajstić information content (AvgIpc) is 2.35. The molecule has 1 aromatic rings. The minimum Gasteiger partial charge on any atom is -0.369 e. The summed E-state index contributed by atoms with van der Waals surface area (Å²) in [5.41, 5.74) is 2.48. The molecular weight excluding hydrogens is 258 g/mol. The smallest absolute Gasteiger partial charge is 0.145 e. The number of hydrogen-bond acceptors (Lipinski definition) is 6. The zero-order valence-corrected chi connectivity index (χ0v) is 13.5. The Kier molecular flexibility index (Phi) is 5.04. The van der Waals surface area contributed by atoms with Gasteiger partial charge in [-0.15, -0.1) is 0 Å². The minimum absolute atomic E-state index is 0.113. The fourth-order valence-electron chi connectivity index (χ4n) is 1.32. The van der Waals surface area contributed by atoms with Crippen molar-refractivity contribution < 1.29 is 0 Å². The summed E-state index contributed by atoms with van der Waals surface area (Å²) in [5.74, 6) is 7.67. The zero-order valence-electron chi connectivity index (χ0n) is 12.7. The summed E-state index contributed by atoms with van der Waals surface area (Å²) in [5, 5.41) is 3.36. The van der Waals surface area contributed by atoms with Gasteiger partial charge in [-0.25, -0.2) is 15.8 Å². The first kappa shape index (κ1) is 16.0. The van der Waals surface area contributed by atoms with Crippen LogP contribution in [0.25, 0.3) is 0 Å². The van der Waals surface area contributed by atoms with E-state index in [0.717, 1.165) is 18.2 Å². The Morgan fingerprint density at radius 1 is 1.16 bits per heavy atom. The Bertz CT molecular complexity index is 426. The number of nitrogens with one attached hydrogen (secondary N) is 2. The molecule has 19 heavy (non-hydrogen) atoms. The van der Waals surface area contributed by atoms with Gasteiger partial charge >= 0.3 is 0 Å². The third-order valence-corrected chi connectivity index (χ3v) is 4.04.